The Kier molecular flexibility index (Phi) is 4.84. The number of nitrogens with two attached hydrogens (primary N) is 1. The molecule has 1 aliphatic carbocycles. The van der Waals surface area contributed by atoms with Crippen LogP contribution >= 0.6 is 0 Å². The average molecular weight is 279 g/mol. The molecule has 0 spiro atoms. The summed E-state index contributed by atoms with van der Waals surface area (Å²) in [5.41, 5.74) is 8.27. The van der Waals surface area contributed by atoms with Crippen LogP contribution in [0.3, 0.4) is 0 Å². The molecule has 1 unspecified atom stereocenters. The molecule has 5 nitrogen and oxygen atoms in total. The minimum atomic E-state index is -0.799. The van der Waals surface area contributed by atoms with Crippen LogP contribution in [-0.2, 0) is 17.6 Å². The van der Waals surface area contributed by atoms with Crippen molar-refractivity contribution in [2.24, 2.45) is 5.73 Å². The van der Waals surface area contributed by atoms with E-state index < -0.39 is 5.97 Å². The monoisotopic (exact) mass is 279 g/mol. The molecule has 1 aromatic carbocycles. The molecular formula is C15H21NO4. The molecule has 1 atom stereocenters. The number of aliphatic carboxylic acids is 1. The molecule has 5 heteroatoms. The fourth-order valence-corrected chi connectivity index (χ4v) is 2.53. The first-order valence-electron chi connectivity index (χ1n) is 6.99. The molecule has 0 fully saturated rings. The number of fused-ring (bicyclic) bond motifs is 1. The van der Waals surface area contributed by atoms with Crippen LogP contribution in [0.25, 0.3) is 0 Å². The van der Waals surface area contributed by atoms with E-state index in [2.05, 4.69) is 0 Å². The molecule has 3 N–H and O–H groups in total. The van der Waals surface area contributed by atoms with Gasteiger partial charge < -0.3 is 20.3 Å². The van der Waals surface area contributed by atoms with Crippen LogP contribution in [0.1, 0.15) is 30.9 Å². The van der Waals surface area contributed by atoms with Crippen molar-refractivity contribution in [2.45, 2.75) is 38.6 Å². The molecule has 0 saturated carbocycles. The first kappa shape index (κ1) is 14.7. The van der Waals surface area contributed by atoms with Gasteiger partial charge in [0, 0.05) is 23.6 Å². The Morgan fingerprint density at radius 1 is 1.30 bits per heavy atom. The number of rotatable bonds is 7. The van der Waals surface area contributed by atoms with Gasteiger partial charge >= 0.3 is 5.97 Å². The zero-order valence-electron chi connectivity index (χ0n) is 11.7. The lowest BCUT2D eigenvalue weighted by molar-refractivity contribution is -0.137. The van der Waals surface area contributed by atoms with Gasteiger partial charge in [-0.1, -0.05) is 0 Å². The number of carboxylic acid groups (broad SMARTS) is 1. The van der Waals surface area contributed by atoms with E-state index in [4.69, 9.17) is 20.3 Å². The molecule has 0 bridgehead atoms. The molecule has 1 aliphatic rings. The lowest BCUT2D eigenvalue weighted by Gasteiger charge is -2.14. The molecule has 0 heterocycles. The lowest BCUT2D eigenvalue weighted by Crippen LogP contribution is -2.19. The Hall–Kier alpha value is -1.75. The number of carbonyl (C=O) groups is 1. The van der Waals surface area contributed by atoms with Gasteiger partial charge in [-0.25, -0.2) is 0 Å². The Morgan fingerprint density at radius 3 is 2.45 bits per heavy atom. The third kappa shape index (κ3) is 3.42. The van der Waals surface area contributed by atoms with E-state index in [0.717, 1.165) is 35.5 Å². The van der Waals surface area contributed by atoms with Crippen LogP contribution in [0.4, 0.5) is 0 Å². The van der Waals surface area contributed by atoms with E-state index in [9.17, 15) is 4.79 Å². The third-order valence-corrected chi connectivity index (χ3v) is 3.37. The highest BCUT2D eigenvalue weighted by atomic mass is 16.5. The SMILES string of the molecule is CCOc1ccc(OCCCC(=O)O)c2c1CC(N)C2. The van der Waals surface area contributed by atoms with Crippen LogP contribution < -0.4 is 15.2 Å². The van der Waals surface area contributed by atoms with Gasteiger partial charge in [-0.15, -0.1) is 0 Å². The van der Waals surface area contributed by atoms with Crippen LogP contribution in [0, 0.1) is 0 Å². The summed E-state index contributed by atoms with van der Waals surface area (Å²) in [4.78, 5) is 10.5. The number of benzene rings is 1. The van der Waals surface area contributed by atoms with Crippen LogP contribution in [0.15, 0.2) is 12.1 Å². The summed E-state index contributed by atoms with van der Waals surface area (Å²) in [5, 5.41) is 8.61. The first-order valence-corrected chi connectivity index (χ1v) is 6.99. The van der Waals surface area contributed by atoms with Crippen molar-refractivity contribution in [3.63, 3.8) is 0 Å². The first-order chi connectivity index (χ1) is 9.61. The maximum Gasteiger partial charge on any atom is 0.303 e. The number of carboxylic acids is 1. The molecule has 110 valence electrons. The standard InChI is InChI=1S/C15H21NO4/c1-2-19-13-5-6-14(20-7-3-4-15(17)18)12-9-10(16)8-11(12)13/h5-6,10H,2-4,7-9,16H2,1H3,(H,17,18). The fourth-order valence-electron chi connectivity index (χ4n) is 2.53. The molecule has 0 amide bonds. The third-order valence-electron chi connectivity index (χ3n) is 3.37. The minimum Gasteiger partial charge on any atom is -0.494 e. The molecule has 20 heavy (non-hydrogen) atoms. The summed E-state index contributed by atoms with van der Waals surface area (Å²) < 4.78 is 11.3. The lowest BCUT2D eigenvalue weighted by atomic mass is 10.1. The van der Waals surface area contributed by atoms with Crippen molar-refractivity contribution in [1.82, 2.24) is 0 Å². The molecule has 0 radical (unpaired) electrons. The molecule has 0 saturated heterocycles. The van der Waals surface area contributed by atoms with Gasteiger partial charge in [0.2, 0.25) is 0 Å². The summed E-state index contributed by atoms with van der Waals surface area (Å²) in [6.07, 6.45) is 2.21. The predicted octanol–water partition coefficient (Wildman–Crippen LogP) is 1.75. The Balaban J connectivity index is 2.07. The quantitative estimate of drug-likeness (QED) is 0.743. The summed E-state index contributed by atoms with van der Waals surface area (Å²) >= 11 is 0. The smallest absolute Gasteiger partial charge is 0.303 e. The van der Waals surface area contributed by atoms with Gasteiger partial charge in [0.25, 0.3) is 0 Å². The second-order valence-corrected chi connectivity index (χ2v) is 4.97. The normalized spacial score (nSPS) is 16.8. The van der Waals surface area contributed by atoms with E-state index in [1.165, 1.54) is 0 Å². The second kappa shape index (κ2) is 6.61. The number of ether oxygens (including phenoxy) is 2. The number of hydrogen-bond donors (Lipinski definition) is 2. The maximum absolute atomic E-state index is 10.5. The zero-order valence-corrected chi connectivity index (χ0v) is 11.7. The minimum absolute atomic E-state index is 0.105. The van der Waals surface area contributed by atoms with Crippen molar-refractivity contribution in [3.8, 4) is 11.5 Å². The van der Waals surface area contributed by atoms with Gasteiger partial charge in [-0.3, -0.25) is 4.79 Å². The zero-order chi connectivity index (χ0) is 14.5. The average Bonchev–Trinajstić information content (AvgIpc) is 2.78. The van der Waals surface area contributed by atoms with Crippen LogP contribution in [-0.4, -0.2) is 30.3 Å². The van der Waals surface area contributed by atoms with E-state index >= 15 is 0 Å². The molecular weight excluding hydrogens is 258 g/mol. The summed E-state index contributed by atoms with van der Waals surface area (Å²) in [7, 11) is 0. The highest BCUT2D eigenvalue weighted by Gasteiger charge is 2.25. The molecule has 0 aromatic heterocycles. The Morgan fingerprint density at radius 2 is 1.90 bits per heavy atom. The van der Waals surface area contributed by atoms with Gasteiger partial charge in [-0.2, -0.15) is 0 Å². The van der Waals surface area contributed by atoms with Crippen molar-refractivity contribution in [3.05, 3.63) is 23.3 Å². The van der Waals surface area contributed by atoms with E-state index in [1.807, 2.05) is 19.1 Å². The highest BCUT2D eigenvalue weighted by Crippen LogP contribution is 2.37. The summed E-state index contributed by atoms with van der Waals surface area (Å²) in [6.45, 7) is 2.99. The van der Waals surface area contributed by atoms with Crippen molar-refractivity contribution in [2.75, 3.05) is 13.2 Å². The van der Waals surface area contributed by atoms with Crippen LogP contribution in [0.2, 0.25) is 0 Å². The van der Waals surface area contributed by atoms with Crippen molar-refractivity contribution < 1.29 is 19.4 Å². The fraction of sp³-hybridized carbons (Fsp3) is 0.533. The second-order valence-electron chi connectivity index (χ2n) is 4.97. The van der Waals surface area contributed by atoms with E-state index in [0.29, 0.717) is 19.6 Å². The van der Waals surface area contributed by atoms with E-state index in [-0.39, 0.29) is 12.5 Å². The number of hydrogen-bond acceptors (Lipinski definition) is 4. The van der Waals surface area contributed by atoms with Gasteiger partial charge in [-0.05, 0) is 38.3 Å². The molecule has 1 aromatic rings. The van der Waals surface area contributed by atoms with Crippen LogP contribution in [0.5, 0.6) is 11.5 Å². The Labute approximate surface area is 118 Å². The topological polar surface area (TPSA) is 81.8 Å². The van der Waals surface area contributed by atoms with E-state index in [1.54, 1.807) is 0 Å². The predicted molar refractivity (Wildman–Crippen MR) is 75.4 cm³/mol. The molecule has 0 aliphatic heterocycles. The van der Waals surface area contributed by atoms with Gasteiger partial charge in [0.05, 0.1) is 13.2 Å². The summed E-state index contributed by atoms with van der Waals surface area (Å²) in [5.74, 6) is 0.891. The Bertz CT molecular complexity index is 487. The highest BCUT2D eigenvalue weighted by molar-refractivity contribution is 5.66. The largest absolute Gasteiger partial charge is 0.494 e. The summed E-state index contributed by atoms with van der Waals surface area (Å²) in [6, 6.07) is 3.91. The van der Waals surface area contributed by atoms with Crippen molar-refractivity contribution in [1.29, 1.82) is 0 Å². The van der Waals surface area contributed by atoms with Gasteiger partial charge in [0.15, 0.2) is 0 Å². The maximum atomic E-state index is 10.5. The molecule has 2 rings (SSSR count). The van der Waals surface area contributed by atoms with Crippen molar-refractivity contribution >= 4 is 5.97 Å². The van der Waals surface area contributed by atoms with Gasteiger partial charge in [0.1, 0.15) is 11.5 Å².